The molecule has 2 N–H and O–H groups in total. The molecule has 0 spiro atoms. The number of hydrogen-bond acceptors (Lipinski definition) is 2. The van der Waals surface area contributed by atoms with Gasteiger partial charge in [-0.25, -0.2) is 0 Å². The fourth-order valence-electron chi connectivity index (χ4n) is 2.41. The summed E-state index contributed by atoms with van der Waals surface area (Å²) < 4.78 is 0. The molecule has 1 aliphatic carbocycles. The van der Waals surface area contributed by atoms with E-state index in [1.807, 2.05) is 6.92 Å². The predicted octanol–water partition coefficient (Wildman–Crippen LogP) is 2.32. The third kappa shape index (κ3) is 4.43. The lowest BCUT2D eigenvalue weighted by Gasteiger charge is -2.19. The summed E-state index contributed by atoms with van der Waals surface area (Å²) >= 11 is 0. The fraction of sp³-hybridized carbons (Fsp3) is 1.00. The van der Waals surface area contributed by atoms with E-state index in [1.165, 1.54) is 38.5 Å². The van der Waals surface area contributed by atoms with Gasteiger partial charge in [-0.1, -0.05) is 25.7 Å². The lowest BCUT2D eigenvalue weighted by molar-refractivity contribution is 0.238. The van der Waals surface area contributed by atoms with E-state index in [0.29, 0.717) is 6.04 Å². The van der Waals surface area contributed by atoms with Crippen LogP contribution in [0.2, 0.25) is 0 Å². The monoisotopic (exact) mass is 199 g/mol. The smallest absolute Gasteiger partial charge is 0.0582 e. The Bertz CT molecular complexity index is 143. The standard InChI is InChI=1S/C12H25NO/c1-10(13-11(2)9-14)7-8-12-5-3-4-6-12/h10-14H,3-9H2,1-2H3/t10?,11-/m1/s1. The minimum atomic E-state index is 0.244. The zero-order valence-corrected chi connectivity index (χ0v) is 9.63. The van der Waals surface area contributed by atoms with Crippen LogP contribution in [0.15, 0.2) is 0 Å². The topological polar surface area (TPSA) is 32.3 Å². The number of hydrogen-bond donors (Lipinski definition) is 2. The first-order chi connectivity index (χ1) is 6.72. The van der Waals surface area contributed by atoms with Gasteiger partial charge in [0.05, 0.1) is 6.61 Å². The molecule has 0 aliphatic heterocycles. The molecule has 0 saturated heterocycles. The molecule has 1 rings (SSSR count). The zero-order valence-electron chi connectivity index (χ0n) is 9.63. The number of aliphatic hydroxyl groups is 1. The van der Waals surface area contributed by atoms with Crippen LogP contribution in [-0.2, 0) is 0 Å². The lowest BCUT2D eigenvalue weighted by atomic mass is 9.99. The molecule has 1 fully saturated rings. The van der Waals surface area contributed by atoms with E-state index in [0.717, 1.165) is 5.92 Å². The van der Waals surface area contributed by atoms with Gasteiger partial charge in [0.1, 0.15) is 0 Å². The lowest BCUT2D eigenvalue weighted by Crippen LogP contribution is -2.36. The van der Waals surface area contributed by atoms with E-state index < -0.39 is 0 Å². The average Bonchev–Trinajstić information content (AvgIpc) is 2.67. The van der Waals surface area contributed by atoms with Gasteiger partial charge in [-0.15, -0.1) is 0 Å². The summed E-state index contributed by atoms with van der Waals surface area (Å²) in [5.74, 6) is 0.990. The maximum Gasteiger partial charge on any atom is 0.0582 e. The van der Waals surface area contributed by atoms with Crippen LogP contribution >= 0.6 is 0 Å². The third-order valence-corrected chi connectivity index (χ3v) is 3.33. The Morgan fingerprint density at radius 3 is 2.43 bits per heavy atom. The van der Waals surface area contributed by atoms with E-state index in [1.54, 1.807) is 0 Å². The quantitative estimate of drug-likeness (QED) is 0.688. The van der Waals surface area contributed by atoms with Crippen LogP contribution in [-0.4, -0.2) is 23.8 Å². The second-order valence-corrected chi connectivity index (χ2v) is 4.88. The summed E-state index contributed by atoms with van der Waals surface area (Å²) in [7, 11) is 0. The van der Waals surface area contributed by atoms with Gasteiger partial charge < -0.3 is 10.4 Å². The number of nitrogens with one attached hydrogen (secondary N) is 1. The first kappa shape index (κ1) is 12.0. The normalized spacial score (nSPS) is 22.5. The Hall–Kier alpha value is -0.0800. The van der Waals surface area contributed by atoms with E-state index >= 15 is 0 Å². The molecule has 14 heavy (non-hydrogen) atoms. The van der Waals surface area contributed by atoms with Crippen molar-refractivity contribution in [1.82, 2.24) is 5.32 Å². The van der Waals surface area contributed by atoms with E-state index in [2.05, 4.69) is 12.2 Å². The Kier molecular flexibility index (Phi) is 5.49. The van der Waals surface area contributed by atoms with Crippen molar-refractivity contribution in [2.24, 2.45) is 5.92 Å². The largest absolute Gasteiger partial charge is 0.395 e. The van der Waals surface area contributed by atoms with Crippen LogP contribution in [0.1, 0.15) is 52.4 Å². The molecule has 0 aromatic carbocycles. The van der Waals surface area contributed by atoms with Gasteiger partial charge in [0, 0.05) is 12.1 Å². The van der Waals surface area contributed by atoms with Gasteiger partial charge in [0.15, 0.2) is 0 Å². The highest BCUT2D eigenvalue weighted by molar-refractivity contribution is 4.72. The minimum Gasteiger partial charge on any atom is -0.395 e. The van der Waals surface area contributed by atoms with Crippen LogP contribution in [0.25, 0.3) is 0 Å². The summed E-state index contributed by atoms with van der Waals surface area (Å²) in [6.45, 7) is 4.50. The maximum atomic E-state index is 8.90. The van der Waals surface area contributed by atoms with Gasteiger partial charge in [-0.05, 0) is 32.6 Å². The first-order valence-corrected chi connectivity index (χ1v) is 6.09. The Morgan fingerprint density at radius 2 is 1.86 bits per heavy atom. The summed E-state index contributed by atoms with van der Waals surface area (Å²) in [5.41, 5.74) is 0. The average molecular weight is 199 g/mol. The first-order valence-electron chi connectivity index (χ1n) is 6.09. The summed E-state index contributed by atoms with van der Waals surface area (Å²) in [6.07, 6.45) is 8.41. The Balaban J connectivity index is 2.04. The molecule has 2 nitrogen and oxygen atoms in total. The van der Waals surface area contributed by atoms with Gasteiger partial charge >= 0.3 is 0 Å². The van der Waals surface area contributed by atoms with E-state index in [9.17, 15) is 0 Å². The molecule has 2 atom stereocenters. The minimum absolute atomic E-state index is 0.244. The van der Waals surface area contributed by atoms with Crippen molar-refractivity contribution in [2.45, 2.75) is 64.5 Å². The van der Waals surface area contributed by atoms with Crippen LogP contribution in [0.3, 0.4) is 0 Å². The Labute approximate surface area is 88.1 Å². The highest BCUT2D eigenvalue weighted by Crippen LogP contribution is 2.28. The van der Waals surface area contributed by atoms with Crippen molar-refractivity contribution in [3.8, 4) is 0 Å². The molecule has 1 unspecified atom stereocenters. The van der Waals surface area contributed by atoms with Crippen molar-refractivity contribution < 1.29 is 5.11 Å². The highest BCUT2D eigenvalue weighted by atomic mass is 16.3. The van der Waals surface area contributed by atoms with Crippen molar-refractivity contribution in [1.29, 1.82) is 0 Å². The van der Waals surface area contributed by atoms with E-state index in [4.69, 9.17) is 5.11 Å². The van der Waals surface area contributed by atoms with Crippen LogP contribution in [0.5, 0.6) is 0 Å². The molecule has 0 amide bonds. The molecule has 0 aromatic rings. The van der Waals surface area contributed by atoms with Gasteiger partial charge in [0.2, 0.25) is 0 Å². The van der Waals surface area contributed by atoms with Gasteiger partial charge in [0.25, 0.3) is 0 Å². The molecule has 1 saturated carbocycles. The molecule has 0 heterocycles. The third-order valence-electron chi connectivity index (χ3n) is 3.33. The van der Waals surface area contributed by atoms with Crippen LogP contribution in [0.4, 0.5) is 0 Å². The summed E-state index contributed by atoms with van der Waals surface area (Å²) in [6, 6.07) is 0.798. The second-order valence-electron chi connectivity index (χ2n) is 4.88. The fourth-order valence-corrected chi connectivity index (χ4v) is 2.41. The molecular weight excluding hydrogens is 174 g/mol. The highest BCUT2D eigenvalue weighted by Gasteiger charge is 2.16. The molecule has 0 aromatic heterocycles. The number of rotatable bonds is 6. The van der Waals surface area contributed by atoms with Crippen LogP contribution < -0.4 is 5.32 Å². The molecule has 0 bridgehead atoms. The van der Waals surface area contributed by atoms with Crippen molar-refractivity contribution in [2.75, 3.05) is 6.61 Å². The van der Waals surface area contributed by atoms with Crippen LogP contribution in [0, 0.1) is 5.92 Å². The van der Waals surface area contributed by atoms with Gasteiger partial charge in [-0.3, -0.25) is 0 Å². The maximum absolute atomic E-state index is 8.90. The van der Waals surface area contributed by atoms with Crippen molar-refractivity contribution >= 4 is 0 Å². The van der Waals surface area contributed by atoms with Crippen molar-refractivity contribution in [3.05, 3.63) is 0 Å². The van der Waals surface area contributed by atoms with Gasteiger partial charge in [-0.2, -0.15) is 0 Å². The molecular formula is C12H25NO. The molecule has 1 aliphatic rings. The number of aliphatic hydroxyl groups excluding tert-OH is 1. The SMILES string of the molecule is CC(CCC1CCCC1)N[C@H](C)CO. The molecule has 84 valence electrons. The second kappa shape index (κ2) is 6.41. The van der Waals surface area contributed by atoms with E-state index in [-0.39, 0.29) is 12.6 Å². The Morgan fingerprint density at radius 1 is 1.21 bits per heavy atom. The summed E-state index contributed by atoms with van der Waals surface area (Å²) in [5, 5.41) is 12.3. The molecule has 0 radical (unpaired) electrons. The predicted molar refractivity (Wildman–Crippen MR) is 60.3 cm³/mol. The van der Waals surface area contributed by atoms with Crippen molar-refractivity contribution in [3.63, 3.8) is 0 Å². The molecule has 2 heteroatoms. The summed E-state index contributed by atoms with van der Waals surface area (Å²) in [4.78, 5) is 0. The zero-order chi connectivity index (χ0) is 10.4.